The van der Waals surface area contributed by atoms with Crippen LogP contribution in [-0.4, -0.2) is 69.3 Å². The number of carbonyl (C=O) groups is 2. The fraction of sp³-hybridized carbons (Fsp3) is 0.429. The Balaban J connectivity index is 1.55. The summed E-state index contributed by atoms with van der Waals surface area (Å²) in [6, 6.07) is 3.54. The Morgan fingerprint density at radius 3 is 2.94 bits per heavy atom. The zero-order valence-corrected chi connectivity index (χ0v) is 18.9. The molecule has 0 saturated heterocycles. The van der Waals surface area contributed by atoms with Gasteiger partial charge in [0.05, 0.1) is 55.1 Å². The van der Waals surface area contributed by atoms with Crippen LogP contribution in [0, 0.1) is 0 Å². The van der Waals surface area contributed by atoms with Crippen molar-refractivity contribution in [2.45, 2.75) is 19.9 Å². The van der Waals surface area contributed by atoms with Gasteiger partial charge in [0.1, 0.15) is 0 Å². The number of aliphatic hydroxyl groups is 1. The van der Waals surface area contributed by atoms with E-state index in [0.29, 0.717) is 37.3 Å². The van der Waals surface area contributed by atoms with Crippen LogP contribution in [0.25, 0.3) is 11.0 Å². The molecule has 0 radical (unpaired) electrons. The number of hydrogen-bond donors (Lipinski definition) is 3. The summed E-state index contributed by atoms with van der Waals surface area (Å²) < 4.78 is 7.08. The first-order chi connectivity index (χ1) is 15.5. The van der Waals surface area contributed by atoms with E-state index in [1.807, 2.05) is 16.5 Å². The largest absolute Gasteiger partial charge is 0.394 e. The number of carbonyl (C=O) groups excluding carboxylic acids is 2. The number of nitrogens with zero attached hydrogens (tertiary/aromatic N) is 4. The van der Waals surface area contributed by atoms with Gasteiger partial charge in [0.2, 0.25) is 5.91 Å². The summed E-state index contributed by atoms with van der Waals surface area (Å²) in [6.07, 6.45) is 2.44. The number of rotatable bonds is 8. The van der Waals surface area contributed by atoms with Crippen molar-refractivity contribution in [1.82, 2.24) is 24.8 Å². The van der Waals surface area contributed by atoms with Crippen LogP contribution in [0.4, 0.5) is 10.8 Å². The number of anilines is 2. The molecule has 1 aliphatic rings. The van der Waals surface area contributed by atoms with Crippen LogP contribution in [0.3, 0.4) is 0 Å². The van der Waals surface area contributed by atoms with Crippen LogP contribution in [0.5, 0.6) is 0 Å². The minimum absolute atomic E-state index is 0.0493. The molecular formula is C21H26N6O4S. The maximum Gasteiger partial charge on any atom is 0.251 e. The Kier molecular flexibility index (Phi) is 6.68. The van der Waals surface area contributed by atoms with Gasteiger partial charge in [0.25, 0.3) is 5.91 Å². The number of aliphatic hydroxyl groups excluding tert-OH is 1. The molecule has 170 valence electrons. The van der Waals surface area contributed by atoms with Crippen LogP contribution < -0.4 is 10.6 Å². The number of nitrogens with one attached hydrogen (secondary N) is 2. The molecule has 10 nitrogen and oxygen atoms in total. The second-order valence-corrected chi connectivity index (χ2v) is 8.63. The third-order valence-corrected chi connectivity index (χ3v) is 6.26. The lowest BCUT2D eigenvalue weighted by Crippen LogP contribution is -2.33. The summed E-state index contributed by atoms with van der Waals surface area (Å²) >= 11 is 1.52. The van der Waals surface area contributed by atoms with Gasteiger partial charge in [-0.05, 0) is 12.1 Å². The first-order valence-electron chi connectivity index (χ1n) is 10.4. The Morgan fingerprint density at radius 2 is 2.16 bits per heavy atom. The highest BCUT2D eigenvalue weighted by Gasteiger charge is 2.23. The van der Waals surface area contributed by atoms with Crippen LogP contribution in [0.1, 0.15) is 27.9 Å². The highest BCUT2D eigenvalue weighted by Crippen LogP contribution is 2.33. The predicted octanol–water partition coefficient (Wildman–Crippen LogP) is 1.42. The molecule has 32 heavy (non-hydrogen) atoms. The Hall–Kier alpha value is -3.02. The van der Waals surface area contributed by atoms with Crippen molar-refractivity contribution in [1.29, 1.82) is 0 Å². The molecule has 3 heterocycles. The molecule has 11 heteroatoms. The summed E-state index contributed by atoms with van der Waals surface area (Å²) in [5, 5.41) is 15.7. The quantitative estimate of drug-likeness (QED) is 0.437. The number of aryl methyl sites for hydroxylation is 1. The molecule has 2 amide bonds. The van der Waals surface area contributed by atoms with Crippen molar-refractivity contribution in [3.63, 3.8) is 0 Å². The molecule has 0 atom stereocenters. The SMILES string of the molecule is CC(=O)N1CCc2nc(Nc3cc(C(=O)NCCOCCO)cc4ncn(C)c34)sc2C1. The first kappa shape index (κ1) is 22.2. The molecule has 2 aromatic heterocycles. The highest BCUT2D eigenvalue weighted by atomic mass is 32.1. The van der Waals surface area contributed by atoms with Gasteiger partial charge in [-0.15, -0.1) is 0 Å². The number of aromatic nitrogens is 3. The van der Waals surface area contributed by atoms with Gasteiger partial charge in [-0.3, -0.25) is 9.59 Å². The van der Waals surface area contributed by atoms with Crippen molar-refractivity contribution in [2.24, 2.45) is 7.05 Å². The highest BCUT2D eigenvalue weighted by molar-refractivity contribution is 7.15. The number of amides is 2. The van der Waals surface area contributed by atoms with Crippen molar-refractivity contribution in [3.05, 3.63) is 34.6 Å². The lowest BCUT2D eigenvalue weighted by molar-refractivity contribution is -0.129. The normalized spacial score (nSPS) is 13.3. The van der Waals surface area contributed by atoms with E-state index in [1.54, 1.807) is 25.4 Å². The van der Waals surface area contributed by atoms with Crippen molar-refractivity contribution < 1.29 is 19.4 Å². The van der Waals surface area contributed by atoms with E-state index in [-0.39, 0.29) is 25.0 Å². The zero-order valence-electron chi connectivity index (χ0n) is 18.1. The van der Waals surface area contributed by atoms with Gasteiger partial charge in [0, 0.05) is 43.9 Å². The molecular weight excluding hydrogens is 432 g/mol. The van der Waals surface area contributed by atoms with Crippen LogP contribution in [0.15, 0.2) is 18.5 Å². The molecule has 0 aliphatic carbocycles. The molecule has 0 unspecified atom stereocenters. The molecule has 0 saturated carbocycles. The Morgan fingerprint density at radius 1 is 1.31 bits per heavy atom. The van der Waals surface area contributed by atoms with Gasteiger partial charge < -0.3 is 29.9 Å². The summed E-state index contributed by atoms with van der Waals surface area (Å²) in [7, 11) is 1.90. The molecule has 0 bridgehead atoms. The van der Waals surface area contributed by atoms with Gasteiger partial charge in [-0.2, -0.15) is 0 Å². The van der Waals surface area contributed by atoms with E-state index in [1.165, 1.54) is 11.3 Å². The molecule has 3 N–H and O–H groups in total. The summed E-state index contributed by atoms with van der Waals surface area (Å²) in [5.41, 5.74) is 3.78. The number of imidazole rings is 1. The molecule has 0 fully saturated rings. The second kappa shape index (κ2) is 9.63. The minimum Gasteiger partial charge on any atom is -0.394 e. The topological polar surface area (TPSA) is 122 Å². The van der Waals surface area contributed by atoms with Crippen LogP contribution in [0.2, 0.25) is 0 Å². The maximum atomic E-state index is 12.7. The lowest BCUT2D eigenvalue weighted by Gasteiger charge is -2.24. The van der Waals surface area contributed by atoms with E-state index in [9.17, 15) is 9.59 Å². The van der Waals surface area contributed by atoms with Gasteiger partial charge in [-0.25, -0.2) is 9.97 Å². The molecule has 0 spiro atoms. The average Bonchev–Trinajstić information content (AvgIpc) is 3.35. The van der Waals surface area contributed by atoms with Crippen molar-refractivity contribution >= 4 is 45.0 Å². The van der Waals surface area contributed by atoms with Gasteiger partial charge >= 0.3 is 0 Å². The van der Waals surface area contributed by atoms with E-state index in [0.717, 1.165) is 33.3 Å². The van der Waals surface area contributed by atoms with Gasteiger partial charge in [0.15, 0.2) is 5.13 Å². The maximum absolute atomic E-state index is 12.7. The third kappa shape index (κ3) is 4.74. The summed E-state index contributed by atoms with van der Waals surface area (Å²) in [4.78, 5) is 36.4. The monoisotopic (exact) mass is 458 g/mol. The van der Waals surface area contributed by atoms with E-state index >= 15 is 0 Å². The third-order valence-electron chi connectivity index (χ3n) is 5.26. The van der Waals surface area contributed by atoms with Gasteiger partial charge in [-0.1, -0.05) is 11.3 Å². The van der Waals surface area contributed by atoms with E-state index < -0.39 is 0 Å². The van der Waals surface area contributed by atoms with E-state index in [2.05, 4.69) is 15.6 Å². The number of benzene rings is 1. The molecule has 1 aromatic carbocycles. The second-order valence-electron chi connectivity index (χ2n) is 7.54. The minimum atomic E-state index is -0.233. The average molecular weight is 459 g/mol. The van der Waals surface area contributed by atoms with E-state index in [4.69, 9.17) is 14.8 Å². The fourth-order valence-electron chi connectivity index (χ4n) is 3.66. The number of fused-ring (bicyclic) bond motifs is 2. The fourth-order valence-corrected chi connectivity index (χ4v) is 4.70. The van der Waals surface area contributed by atoms with Crippen molar-refractivity contribution in [2.75, 3.05) is 38.2 Å². The molecule has 4 rings (SSSR count). The van der Waals surface area contributed by atoms with Crippen LogP contribution >= 0.6 is 11.3 Å². The predicted molar refractivity (Wildman–Crippen MR) is 121 cm³/mol. The summed E-state index contributed by atoms with van der Waals surface area (Å²) in [5.74, 6) is -0.167. The lowest BCUT2D eigenvalue weighted by atomic mass is 10.1. The number of ether oxygens (including phenoxy) is 1. The Labute approximate surface area is 189 Å². The first-order valence-corrected chi connectivity index (χ1v) is 11.2. The zero-order chi connectivity index (χ0) is 22.7. The molecule has 1 aliphatic heterocycles. The number of thiazole rings is 1. The smallest absolute Gasteiger partial charge is 0.251 e. The standard InChI is InChI=1S/C21H26N6O4S/c1-13(29)27-5-3-15-18(11-27)32-21(24-15)25-17-10-14(9-16-19(17)26(2)12-23-16)20(30)22-4-7-31-8-6-28/h9-10,12,28H,3-8,11H2,1-2H3,(H,22,30)(H,24,25). The number of hydrogen-bond acceptors (Lipinski definition) is 8. The van der Waals surface area contributed by atoms with Crippen molar-refractivity contribution in [3.8, 4) is 0 Å². The van der Waals surface area contributed by atoms with Crippen LogP contribution in [-0.2, 0) is 29.5 Å². The molecule has 3 aromatic rings. The Bertz CT molecular complexity index is 1140. The summed E-state index contributed by atoms with van der Waals surface area (Å²) in [6.45, 7) is 3.69.